The highest BCUT2D eigenvalue weighted by Crippen LogP contribution is 2.27. The number of carbonyl (C=O) groups is 1. The molecule has 0 radical (unpaired) electrons. The van der Waals surface area contributed by atoms with Crippen LogP contribution in [0.25, 0.3) is 11.3 Å². The molecule has 2 aromatic rings. The van der Waals surface area contributed by atoms with Gasteiger partial charge in [-0.3, -0.25) is 0 Å². The van der Waals surface area contributed by atoms with Gasteiger partial charge >= 0.3 is 5.97 Å². The second kappa shape index (κ2) is 3.51. The maximum atomic E-state index is 11.0. The number of aryl methyl sites for hydroxylation is 2. The third-order valence-electron chi connectivity index (χ3n) is 2.03. The van der Waals surface area contributed by atoms with Gasteiger partial charge in [0, 0.05) is 25.0 Å². The minimum Gasteiger partial charge on any atom is -0.477 e. The fraction of sp³-hybridized carbons (Fsp3) is 0.200. The van der Waals surface area contributed by atoms with Gasteiger partial charge in [-0.2, -0.15) is 0 Å². The van der Waals surface area contributed by atoms with E-state index in [0.717, 1.165) is 10.6 Å². The molecule has 0 amide bonds. The topological polar surface area (TPSA) is 55.1 Å². The molecule has 0 fully saturated rings. The van der Waals surface area contributed by atoms with Crippen LogP contribution in [0.2, 0.25) is 0 Å². The number of nitrogens with zero attached hydrogens (tertiary/aromatic N) is 2. The first-order chi connectivity index (χ1) is 7.08. The van der Waals surface area contributed by atoms with Crippen molar-refractivity contribution in [3.8, 4) is 11.3 Å². The van der Waals surface area contributed by atoms with Crippen LogP contribution in [-0.4, -0.2) is 20.6 Å². The normalized spacial score (nSPS) is 10.5. The molecule has 0 aliphatic rings. The molecule has 0 aromatic carbocycles. The van der Waals surface area contributed by atoms with Gasteiger partial charge < -0.3 is 9.67 Å². The molecule has 2 heterocycles. The van der Waals surface area contributed by atoms with Crippen LogP contribution < -0.4 is 0 Å². The first-order valence-corrected chi connectivity index (χ1v) is 5.22. The number of hydrogen-bond acceptors (Lipinski definition) is 3. The third-order valence-corrected chi connectivity index (χ3v) is 2.99. The zero-order chi connectivity index (χ0) is 11.0. The van der Waals surface area contributed by atoms with E-state index in [1.54, 1.807) is 0 Å². The van der Waals surface area contributed by atoms with Crippen molar-refractivity contribution >= 4 is 17.3 Å². The Hall–Kier alpha value is -1.62. The van der Waals surface area contributed by atoms with Gasteiger partial charge in [0.15, 0.2) is 0 Å². The highest BCUT2D eigenvalue weighted by Gasteiger charge is 2.17. The molecule has 1 N–H and O–H groups in total. The number of carboxylic acid groups (broad SMARTS) is 1. The first kappa shape index (κ1) is 9.92. The SMILES string of the molecule is Cc1nc(-c2ccn(C)c2)c(C(=O)O)s1. The Labute approximate surface area is 90.8 Å². The van der Waals surface area contributed by atoms with Crippen LogP contribution in [0.1, 0.15) is 14.7 Å². The lowest BCUT2D eigenvalue weighted by atomic mass is 10.2. The Kier molecular flexibility index (Phi) is 2.32. The summed E-state index contributed by atoms with van der Waals surface area (Å²) in [5.74, 6) is -0.917. The molecular formula is C10H10N2O2S. The van der Waals surface area contributed by atoms with Crippen molar-refractivity contribution in [2.75, 3.05) is 0 Å². The van der Waals surface area contributed by atoms with E-state index in [1.807, 2.05) is 37.0 Å². The van der Waals surface area contributed by atoms with Gasteiger partial charge in [0.1, 0.15) is 4.88 Å². The summed E-state index contributed by atoms with van der Waals surface area (Å²) in [4.78, 5) is 15.5. The summed E-state index contributed by atoms with van der Waals surface area (Å²) in [6, 6.07) is 1.86. The van der Waals surface area contributed by atoms with Crippen molar-refractivity contribution in [1.29, 1.82) is 0 Å². The summed E-state index contributed by atoms with van der Waals surface area (Å²) in [5.41, 5.74) is 1.41. The van der Waals surface area contributed by atoms with Crippen molar-refractivity contribution in [2.45, 2.75) is 6.92 Å². The van der Waals surface area contributed by atoms with Crippen LogP contribution in [0, 0.1) is 6.92 Å². The molecule has 78 valence electrons. The zero-order valence-corrected chi connectivity index (χ0v) is 9.21. The summed E-state index contributed by atoms with van der Waals surface area (Å²) in [7, 11) is 1.89. The van der Waals surface area contributed by atoms with E-state index in [2.05, 4.69) is 4.98 Å². The van der Waals surface area contributed by atoms with Crippen LogP contribution in [0.3, 0.4) is 0 Å². The van der Waals surface area contributed by atoms with E-state index in [1.165, 1.54) is 11.3 Å². The predicted molar refractivity (Wildman–Crippen MR) is 58.2 cm³/mol. The van der Waals surface area contributed by atoms with Crippen LogP contribution >= 0.6 is 11.3 Å². The average molecular weight is 222 g/mol. The number of hydrogen-bond donors (Lipinski definition) is 1. The summed E-state index contributed by atoms with van der Waals surface area (Å²) in [6.45, 7) is 1.81. The number of carboxylic acids is 1. The number of aromatic nitrogens is 2. The Bertz CT molecular complexity index is 513. The van der Waals surface area contributed by atoms with E-state index in [4.69, 9.17) is 5.11 Å². The monoisotopic (exact) mass is 222 g/mol. The van der Waals surface area contributed by atoms with Crippen LogP contribution in [0.4, 0.5) is 0 Å². The third kappa shape index (κ3) is 1.78. The fourth-order valence-electron chi connectivity index (χ4n) is 1.41. The number of aromatic carboxylic acids is 1. The molecule has 0 aliphatic heterocycles. The molecular weight excluding hydrogens is 212 g/mol. The standard InChI is InChI=1S/C10H10N2O2S/c1-6-11-8(9(15-6)10(13)14)7-3-4-12(2)5-7/h3-5H,1-2H3,(H,13,14). The van der Waals surface area contributed by atoms with Crippen molar-refractivity contribution in [1.82, 2.24) is 9.55 Å². The average Bonchev–Trinajstić information content (AvgIpc) is 2.71. The lowest BCUT2D eigenvalue weighted by Crippen LogP contribution is -1.94. The van der Waals surface area contributed by atoms with Gasteiger partial charge in [-0.1, -0.05) is 0 Å². The summed E-state index contributed by atoms with van der Waals surface area (Å²) < 4.78 is 1.87. The Balaban J connectivity index is 2.56. The molecule has 0 unspecified atom stereocenters. The highest BCUT2D eigenvalue weighted by molar-refractivity contribution is 7.14. The molecule has 0 bridgehead atoms. The smallest absolute Gasteiger partial charge is 0.348 e. The molecule has 5 heteroatoms. The molecule has 4 nitrogen and oxygen atoms in total. The maximum absolute atomic E-state index is 11.0. The maximum Gasteiger partial charge on any atom is 0.348 e. The molecule has 0 saturated heterocycles. The van der Waals surface area contributed by atoms with Crippen molar-refractivity contribution in [2.24, 2.45) is 7.05 Å². The first-order valence-electron chi connectivity index (χ1n) is 4.41. The van der Waals surface area contributed by atoms with E-state index >= 15 is 0 Å². The lowest BCUT2D eigenvalue weighted by Gasteiger charge is -1.93. The van der Waals surface area contributed by atoms with Gasteiger partial charge in [0.25, 0.3) is 0 Å². The van der Waals surface area contributed by atoms with Crippen LogP contribution in [0.5, 0.6) is 0 Å². The van der Waals surface area contributed by atoms with Gasteiger partial charge in [-0.05, 0) is 13.0 Å². The second-order valence-corrected chi connectivity index (χ2v) is 4.48. The van der Waals surface area contributed by atoms with Gasteiger partial charge in [-0.15, -0.1) is 11.3 Å². The quantitative estimate of drug-likeness (QED) is 0.847. The summed E-state index contributed by atoms with van der Waals surface area (Å²) >= 11 is 1.21. The molecule has 0 aliphatic carbocycles. The molecule has 2 rings (SSSR count). The Morgan fingerprint density at radius 3 is 2.87 bits per heavy atom. The highest BCUT2D eigenvalue weighted by atomic mass is 32.1. The van der Waals surface area contributed by atoms with Gasteiger partial charge in [0.05, 0.1) is 10.7 Å². The Morgan fingerprint density at radius 1 is 1.60 bits per heavy atom. The predicted octanol–water partition coefficient (Wildman–Crippen LogP) is 2.16. The van der Waals surface area contributed by atoms with E-state index in [0.29, 0.717) is 10.6 Å². The van der Waals surface area contributed by atoms with Crippen LogP contribution in [0.15, 0.2) is 18.5 Å². The molecule has 0 atom stereocenters. The van der Waals surface area contributed by atoms with Crippen molar-refractivity contribution in [3.63, 3.8) is 0 Å². The van der Waals surface area contributed by atoms with E-state index in [-0.39, 0.29) is 0 Å². The zero-order valence-electron chi connectivity index (χ0n) is 8.39. The van der Waals surface area contributed by atoms with Crippen molar-refractivity contribution in [3.05, 3.63) is 28.3 Å². The molecule has 15 heavy (non-hydrogen) atoms. The summed E-state index contributed by atoms with van der Waals surface area (Å²) in [5, 5.41) is 9.78. The van der Waals surface area contributed by atoms with Gasteiger partial charge in [0.2, 0.25) is 0 Å². The second-order valence-electron chi connectivity index (χ2n) is 3.28. The van der Waals surface area contributed by atoms with Crippen LogP contribution in [-0.2, 0) is 7.05 Å². The fourth-order valence-corrected chi connectivity index (χ4v) is 2.19. The van der Waals surface area contributed by atoms with E-state index in [9.17, 15) is 4.79 Å². The number of thiazole rings is 1. The molecule has 0 spiro atoms. The number of rotatable bonds is 2. The largest absolute Gasteiger partial charge is 0.477 e. The Morgan fingerprint density at radius 2 is 2.33 bits per heavy atom. The molecule has 0 saturated carbocycles. The molecule has 2 aromatic heterocycles. The minimum absolute atomic E-state index is 0.304. The van der Waals surface area contributed by atoms with Crippen molar-refractivity contribution < 1.29 is 9.90 Å². The van der Waals surface area contributed by atoms with E-state index < -0.39 is 5.97 Å². The van der Waals surface area contributed by atoms with Gasteiger partial charge in [-0.25, -0.2) is 9.78 Å². The lowest BCUT2D eigenvalue weighted by molar-refractivity contribution is 0.0702. The summed E-state index contributed by atoms with van der Waals surface area (Å²) in [6.07, 6.45) is 3.73. The minimum atomic E-state index is -0.917.